The van der Waals surface area contributed by atoms with E-state index in [1.807, 2.05) is 67.6 Å². The molecule has 1 aliphatic heterocycles. The van der Waals surface area contributed by atoms with Crippen molar-refractivity contribution in [1.82, 2.24) is 9.88 Å². The number of Topliss-reactive ketones (excluding diaryl/α,β-unsaturated/α-hetero) is 1. The minimum atomic E-state index is -0.833. The number of carbonyl (C=O) groups is 2. The number of aromatic nitrogens is 1. The van der Waals surface area contributed by atoms with E-state index in [4.69, 9.17) is 9.47 Å². The van der Waals surface area contributed by atoms with Gasteiger partial charge in [0.25, 0.3) is 11.7 Å². The van der Waals surface area contributed by atoms with Crippen LogP contribution in [0.4, 0.5) is 0 Å². The van der Waals surface area contributed by atoms with Crippen LogP contribution in [-0.4, -0.2) is 33.3 Å². The van der Waals surface area contributed by atoms with Crippen LogP contribution in [0.1, 0.15) is 35.2 Å². The summed E-state index contributed by atoms with van der Waals surface area (Å²) in [5, 5.41) is 11.3. The molecule has 0 saturated carbocycles. The Balaban J connectivity index is 1.58. The van der Waals surface area contributed by atoms with Gasteiger partial charge in [0.05, 0.1) is 18.2 Å². The average molecular weight is 521 g/mol. The first-order valence-corrected chi connectivity index (χ1v) is 12.7. The second-order valence-corrected chi connectivity index (χ2v) is 9.06. The van der Waals surface area contributed by atoms with Gasteiger partial charge in [0.2, 0.25) is 0 Å². The third-order valence-electron chi connectivity index (χ3n) is 6.51. The Bertz CT molecular complexity index is 1490. The van der Waals surface area contributed by atoms with E-state index in [0.717, 1.165) is 11.1 Å². The smallest absolute Gasteiger partial charge is 0.295 e. The zero-order valence-electron chi connectivity index (χ0n) is 21.5. The summed E-state index contributed by atoms with van der Waals surface area (Å²) in [6.45, 7) is 2.82. The molecule has 1 aliphatic rings. The number of hydrogen-bond acceptors (Lipinski definition) is 6. The Morgan fingerprint density at radius 1 is 0.846 bits per heavy atom. The number of ether oxygens (including phenoxy) is 2. The lowest BCUT2D eigenvalue weighted by Crippen LogP contribution is -2.29. The minimum absolute atomic E-state index is 0.0162. The molecule has 1 aromatic heterocycles. The molecule has 4 aromatic rings. The van der Waals surface area contributed by atoms with Crippen LogP contribution in [0.3, 0.4) is 0 Å². The molecule has 0 unspecified atom stereocenters. The number of aliphatic hydroxyl groups is 1. The maximum Gasteiger partial charge on any atom is 0.295 e. The van der Waals surface area contributed by atoms with E-state index in [-0.39, 0.29) is 17.9 Å². The maximum absolute atomic E-state index is 13.4. The van der Waals surface area contributed by atoms with Crippen molar-refractivity contribution in [3.05, 3.63) is 131 Å². The number of amides is 1. The van der Waals surface area contributed by atoms with Gasteiger partial charge in [0.1, 0.15) is 12.4 Å². The Labute approximate surface area is 227 Å². The molecule has 0 bridgehead atoms. The van der Waals surface area contributed by atoms with Gasteiger partial charge < -0.3 is 19.5 Å². The van der Waals surface area contributed by atoms with E-state index in [1.165, 1.54) is 17.3 Å². The summed E-state index contributed by atoms with van der Waals surface area (Å²) in [7, 11) is 0. The number of nitrogens with zero attached hydrogens (tertiary/aromatic N) is 2. The number of ketones is 1. The van der Waals surface area contributed by atoms with E-state index in [1.54, 1.807) is 30.3 Å². The Kier molecular flexibility index (Phi) is 7.68. The molecule has 3 aromatic carbocycles. The van der Waals surface area contributed by atoms with Gasteiger partial charge in [-0.3, -0.25) is 14.6 Å². The summed E-state index contributed by atoms with van der Waals surface area (Å²) in [5.41, 5.74) is 2.91. The van der Waals surface area contributed by atoms with Gasteiger partial charge in [-0.2, -0.15) is 0 Å². The number of hydrogen-bond donors (Lipinski definition) is 1. The molecular weight excluding hydrogens is 492 g/mol. The predicted molar refractivity (Wildman–Crippen MR) is 147 cm³/mol. The van der Waals surface area contributed by atoms with E-state index in [9.17, 15) is 14.7 Å². The second kappa shape index (κ2) is 11.6. The van der Waals surface area contributed by atoms with Crippen LogP contribution in [0.2, 0.25) is 0 Å². The fraction of sp³-hybridized carbons (Fsp3) is 0.156. The number of rotatable bonds is 9. The molecule has 1 saturated heterocycles. The van der Waals surface area contributed by atoms with Crippen molar-refractivity contribution >= 4 is 17.4 Å². The largest absolute Gasteiger partial charge is 0.507 e. The number of aliphatic hydroxyl groups excluding tert-OH is 1. The monoisotopic (exact) mass is 520 g/mol. The number of pyridine rings is 1. The normalized spacial score (nSPS) is 16.3. The fourth-order valence-electron chi connectivity index (χ4n) is 4.65. The van der Waals surface area contributed by atoms with Crippen LogP contribution in [0.5, 0.6) is 11.5 Å². The van der Waals surface area contributed by atoms with Crippen molar-refractivity contribution in [2.45, 2.75) is 26.1 Å². The van der Waals surface area contributed by atoms with Crippen LogP contribution in [0.25, 0.3) is 5.76 Å². The van der Waals surface area contributed by atoms with Crippen molar-refractivity contribution in [1.29, 1.82) is 0 Å². The highest BCUT2D eigenvalue weighted by Gasteiger charge is 2.46. The van der Waals surface area contributed by atoms with Crippen molar-refractivity contribution in [3.8, 4) is 11.5 Å². The van der Waals surface area contributed by atoms with Crippen LogP contribution in [-0.2, 0) is 22.7 Å². The van der Waals surface area contributed by atoms with Gasteiger partial charge in [0.15, 0.2) is 11.5 Å². The molecule has 2 heterocycles. The lowest BCUT2D eigenvalue weighted by Gasteiger charge is -2.26. The van der Waals surface area contributed by atoms with Crippen LogP contribution < -0.4 is 9.47 Å². The fourth-order valence-corrected chi connectivity index (χ4v) is 4.65. The number of likely N-dealkylation sites (tertiary alicyclic amines) is 1. The zero-order chi connectivity index (χ0) is 27.2. The topological polar surface area (TPSA) is 89.0 Å². The van der Waals surface area contributed by atoms with Crippen LogP contribution in [0.15, 0.2) is 109 Å². The zero-order valence-corrected chi connectivity index (χ0v) is 21.5. The molecule has 39 heavy (non-hydrogen) atoms. The van der Waals surface area contributed by atoms with E-state index < -0.39 is 17.7 Å². The van der Waals surface area contributed by atoms with Crippen LogP contribution >= 0.6 is 0 Å². The van der Waals surface area contributed by atoms with E-state index in [0.29, 0.717) is 35.8 Å². The van der Waals surface area contributed by atoms with Gasteiger partial charge in [0, 0.05) is 24.5 Å². The van der Waals surface area contributed by atoms with Crippen LogP contribution in [0, 0.1) is 0 Å². The van der Waals surface area contributed by atoms with Gasteiger partial charge in [-0.1, -0.05) is 66.7 Å². The number of carbonyl (C=O) groups excluding carboxylic acids is 2. The first-order chi connectivity index (χ1) is 19.1. The SMILES string of the molecule is CCOc1cc([C@@H]2/C(=C(/O)c3ccncc3)C(=O)C(=O)N2Cc2ccccc2)ccc1OCc1ccccc1. The summed E-state index contributed by atoms with van der Waals surface area (Å²) in [5.74, 6) is -0.646. The molecule has 1 atom stereocenters. The summed E-state index contributed by atoms with van der Waals surface area (Å²) in [6.07, 6.45) is 3.05. The van der Waals surface area contributed by atoms with E-state index >= 15 is 0 Å². The third-order valence-corrected chi connectivity index (χ3v) is 6.51. The quantitative estimate of drug-likeness (QED) is 0.174. The molecule has 1 N–H and O–H groups in total. The first-order valence-electron chi connectivity index (χ1n) is 12.7. The Hall–Kier alpha value is -4.91. The summed E-state index contributed by atoms with van der Waals surface area (Å²) in [6, 6.07) is 27.0. The molecule has 1 fully saturated rings. The summed E-state index contributed by atoms with van der Waals surface area (Å²) in [4.78, 5) is 32.2. The maximum atomic E-state index is 13.4. The van der Waals surface area contributed by atoms with Crippen molar-refractivity contribution in [3.63, 3.8) is 0 Å². The highest BCUT2D eigenvalue weighted by atomic mass is 16.5. The molecule has 0 spiro atoms. The molecule has 5 rings (SSSR count). The first kappa shape index (κ1) is 25.7. The molecule has 7 nitrogen and oxygen atoms in total. The minimum Gasteiger partial charge on any atom is -0.507 e. The predicted octanol–water partition coefficient (Wildman–Crippen LogP) is 5.68. The van der Waals surface area contributed by atoms with Crippen molar-refractivity contribution in [2.24, 2.45) is 0 Å². The van der Waals surface area contributed by atoms with Gasteiger partial charge in [-0.25, -0.2) is 0 Å². The lowest BCUT2D eigenvalue weighted by molar-refractivity contribution is -0.140. The second-order valence-electron chi connectivity index (χ2n) is 9.06. The van der Waals surface area contributed by atoms with E-state index in [2.05, 4.69) is 4.98 Å². The molecule has 7 heteroatoms. The third kappa shape index (κ3) is 5.52. The summed E-state index contributed by atoms with van der Waals surface area (Å²) < 4.78 is 12.0. The Morgan fingerprint density at radius 2 is 1.51 bits per heavy atom. The number of benzene rings is 3. The standard InChI is InChI=1S/C32H28N2O5/c1-2-38-27-19-25(13-14-26(27)39-21-23-11-7-4-8-12-23)29-28(30(35)24-15-17-33-18-16-24)31(36)32(37)34(29)20-22-9-5-3-6-10-22/h3-19,29,35H,2,20-21H2,1H3/b30-28-/t29-/m1/s1. The highest BCUT2D eigenvalue weighted by Crippen LogP contribution is 2.42. The highest BCUT2D eigenvalue weighted by molar-refractivity contribution is 6.46. The Morgan fingerprint density at radius 3 is 2.18 bits per heavy atom. The molecule has 1 amide bonds. The molecule has 0 radical (unpaired) electrons. The molecule has 0 aliphatic carbocycles. The molecular formula is C32H28N2O5. The molecule has 196 valence electrons. The lowest BCUT2D eigenvalue weighted by atomic mass is 9.95. The summed E-state index contributed by atoms with van der Waals surface area (Å²) >= 11 is 0. The van der Waals surface area contributed by atoms with Crippen molar-refractivity contribution in [2.75, 3.05) is 6.61 Å². The van der Waals surface area contributed by atoms with Crippen molar-refractivity contribution < 1.29 is 24.2 Å². The van der Waals surface area contributed by atoms with Gasteiger partial charge >= 0.3 is 0 Å². The average Bonchev–Trinajstić information content (AvgIpc) is 3.22. The van der Waals surface area contributed by atoms with Gasteiger partial charge in [-0.15, -0.1) is 0 Å². The van der Waals surface area contributed by atoms with Gasteiger partial charge in [-0.05, 0) is 47.9 Å².